The molecular weight excluding hydrogens is 234 g/mol. The lowest BCUT2D eigenvalue weighted by atomic mass is 9.95. The Kier molecular flexibility index (Phi) is 3.74. The maximum atomic E-state index is 4.86. The fraction of sp³-hybridized carbons (Fsp3) is 0.688. The van der Waals surface area contributed by atoms with Crippen molar-refractivity contribution in [1.29, 1.82) is 0 Å². The molecule has 0 aliphatic carbocycles. The second kappa shape index (κ2) is 5.49. The van der Waals surface area contributed by atoms with Crippen molar-refractivity contribution in [2.24, 2.45) is 0 Å². The normalized spacial score (nSPS) is 24.9. The Labute approximate surface area is 116 Å². The molecule has 0 bridgehead atoms. The highest BCUT2D eigenvalue weighted by Gasteiger charge is 2.23. The van der Waals surface area contributed by atoms with Crippen LogP contribution in [0.15, 0.2) is 12.1 Å². The van der Waals surface area contributed by atoms with Gasteiger partial charge in [0.2, 0.25) is 0 Å². The van der Waals surface area contributed by atoms with Crippen molar-refractivity contribution in [2.75, 3.05) is 31.6 Å². The Bertz CT molecular complexity index is 438. The quantitative estimate of drug-likeness (QED) is 0.813. The van der Waals surface area contributed by atoms with Crippen LogP contribution in [0.1, 0.15) is 49.4 Å². The minimum atomic E-state index is 0.578. The van der Waals surface area contributed by atoms with Gasteiger partial charge in [0.25, 0.3) is 0 Å². The Balaban J connectivity index is 1.82. The van der Waals surface area contributed by atoms with Gasteiger partial charge < -0.3 is 4.90 Å². The highest BCUT2D eigenvalue weighted by molar-refractivity contribution is 5.43. The molecule has 0 amide bonds. The monoisotopic (exact) mass is 259 g/mol. The number of likely N-dealkylation sites (tertiary alicyclic amines) is 1. The molecule has 104 valence electrons. The van der Waals surface area contributed by atoms with Crippen LogP contribution in [-0.2, 0) is 0 Å². The van der Waals surface area contributed by atoms with E-state index in [9.17, 15) is 0 Å². The fourth-order valence-corrected chi connectivity index (χ4v) is 3.50. The van der Waals surface area contributed by atoms with E-state index in [1.807, 2.05) is 0 Å². The van der Waals surface area contributed by atoms with Gasteiger partial charge in [0.15, 0.2) is 0 Å². The van der Waals surface area contributed by atoms with E-state index in [1.54, 1.807) is 0 Å². The maximum Gasteiger partial charge on any atom is 0.128 e. The molecule has 3 rings (SSSR count). The molecule has 0 saturated carbocycles. The first kappa shape index (κ1) is 12.9. The molecule has 0 N–H and O–H groups in total. The molecular formula is C16H25N3. The number of hydrogen-bond donors (Lipinski definition) is 0. The number of nitrogens with zero attached hydrogens (tertiary/aromatic N) is 3. The molecule has 1 aromatic rings. The van der Waals surface area contributed by atoms with E-state index in [2.05, 4.69) is 35.9 Å². The zero-order valence-corrected chi connectivity index (χ0v) is 12.2. The van der Waals surface area contributed by atoms with Crippen molar-refractivity contribution >= 4 is 5.82 Å². The van der Waals surface area contributed by atoms with E-state index < -0.39 is 0 Å². The smallest absolute Gasteiger partial charge is 0.128 e. The van der Waals surface area contributed by atoms with Gasteiger partial charge in [-0.1, -0.05) is 12.5 Å². The standard InChI is InChI=1S/C16H25N3/c1-13-14(15-7-3-4-10-18(15)2)8-9-16(17-13)19-11-5-6-12-19/h8-9,15H,3-7,10-12H2,1-2H3/t15-/m0/s1. The van der Waals surface area contributed by atoms with Crippen LogP contribution in [0.3, 0.4) is 0 Å². The molecule has 0 unspecified atom stereocenters. The summed E-state index contributed by atoms with van der Waals surface area (Å²) in [7, 11) is 2.25. The molecule has 2 saturated heterocycles. The highest BCUT2D eigenvalue weighted by Crippen LogP contribution is 2.32. The topological polar surface area (TPSA) is 19.4 Å². The van der Waals surface area contributed by atoms with Crippen LogP contribution in [0.4, 0.5) is 5.82 Å². The van der Waals surface area contributed by atoms with E-state index in [4.69, 9.17) is 4.98 Å². The third-order valence-corrected chi connectivity index (χ3v) is 4.67. The molecule has 0 radical (unpaired) electrons. The molecule has 0 spiro atoms. The Hall–Kier alpha value is -1.09. The van der Waals surface area contributed by atoms with Crippen LogP contribution < -0.4 is 4.90 Å². The van der Waals surface area contributed by atoms with E-state index in [-0.39, 0.29) is 0 Å². The Morgan fingerprint density at radius 3 is 2.47 bits per heavy atom. The minimum Gasteiger partial charge on any atom is -0.357 e. The van der Waals surface area contributed by atoms with Gasteiger partial charge in [-0.25, -0.2) is 4.98 Å². The summed E-state index contributed by atoms with van der Waals surface area (Å²) >= 11 is 0. The van der Waals surface area contributed by atoms with Crippen LogP contribution in [0, 0.1) is 6.92 Å². The fourth-order valence-electron chi connectivity index (χ4n) is 3.50. The second-order valence-electron chi connectivity index (χ2n) is 6.03. The molecule has 3 nitrogen and oxygen atoms in total. The molecule has 2 aliphatic rings. The predicted molar refractivity (Wildman–Crippen MR) is 79.6 cm³/mol. The van der Waals surface area contributed by atoms with Crippen LogP contribution >= 0.6 is 0 Å². The van der Waals surface area contributed by atoms with Crippen LogP contribution in [0.2, 0.25) is 0 Å². The largest absolute Gasteiger partial charge is 0.357 e. The number of hydrogen-bond acceptors (Lipinski definition) is 3. The first-order chi connectivity index (χ1) is 9.25. The summed E-state index contributed by atoms with van der Waals surface area (Å²) in [5, 5.41) is 0. The zero-order chi connectivity index (χ0) is 13.2. The number of pyridine rings is 1. The highest BCUT2D eigenvalue weighted by atomic mass is 15.2. The van der Waals surface area contributed by atoms with Crippen LogP contribution in [0.5, 0.6) is 0 Å². The lowest BCUT2D eigenvalue weighted by molar-refractivity contribution is 0.186. The van der Waals surface area contributed by atoms with Crippen molar-refractivity contribution in [1.82, 2.24) is 9.88 Å². The molecule has 2 fully saturated rings. The third-order valence-electron chi connectivity index (χ3n) is 4.67. The average molecular weight is 259 g/mol. The van der Waals surface area contributed by atoms with Gasteiger partial charge in [-0.05, 0) is 57.8 Å². The van der Waals surface area contributed by atoms with Gasteiger partial charge in [0, 0.05) is 24.8 Å². The number of piperidine rings is 1. The summed E-state index contributed by atoms with van der Waals surface area (Å²) < 4.78 is 0. The van der Waals surface area contributed by atoms with Crippen LogP contribution in [-0.4, -0.2) is 36.6 Å². The molecule has 1 atom stereocenters. The van der Waals surface area contributed by atoms with E-state index in [0.29, 0.717) is 6.04 Å². The number of rotatable bonds is 2. The number of aryl methyl sites for hydroxylation is 1. The van der Waals surface area contributed by atoms with E-state index in [1.165, 1.54) is 68.8 Å². The lowest BCUT2D eigenvalue weighted by Crippen LogP contribution is -2.30. The van der Waals surface area contributed by atoms with Crippen molar-refractivity contribution in [2.45, 2.75) is 45.1 Å². The second-order valence-corrected chi connectivity index (χ2v) is 6.03. The van der Waals surface area contributed by atoms with Gasteiger partial charge in [-0.2, -0.15) is 0 Å². The molecule has 3 heterocycles. The maximum absolute atomic E-state index is 4.86. The van der Waals surface area contributed by atoms with Gasteiger partial charge in [0.05, 0.1) is 0 Å². The minimum absolute atomic E-state index is 0.578. The Morgan fingerprint density at radius 2 is 1.79 bits per heavy atom. The summed E-state index contributed by atoms with van der Waals surface area (Å²) in [4.78, 5) is 9.77. The third kappa shape index (κ3) is 2.62. The zero-order valence-electron chi connectivity index (χ0n) is 12.2. The Morgan fingerprint density at radius 1 is 1.05 bits per heavy atom. The molecule has 2 aliphatic heterocycles. The summed E-state index contributed by atoms with van der Waals surface area (Å²) in [5.41, 5.74) is 2.66. The summed E-state index contributed by atoms with van der Waals surface area (Å²) in [5.74, 6) is 1.18. The SMILES string of the molecule is Cc1nc(N2CCCC2)ccc1[C@@H]1CCCCN1C. The number of aromatic nitrogens is 1. The number of anilines is 1. The van der Waals surface area contributed by atoms with E-state index in [0.717, 1.165) is 0 Å². The summed E-state index contributed by atoms with van der Waals surface area (Å²) in [6, 6.07) is 5.13. The van der Waals surface area contributed by atoms with Crippen LogP contribution in [0.25, 0.3) is 0 Å². The summed E-state index contributed by atoms with van der Waals surface area (Å²) in [6.45, 7) is 5.75. The van der Waals surface area contributed by atoms with Crippen molar-refractivity contribution in [3.8, 4) is 0 Å². The average Bonchev–Trinajstić information content (AvgIpc) is 2.94. The molecule has 1 aromatic heterocycles. The van der Waals surface area contributed by atoms with Gasteiger partial charge in [-0.3, -0.25) is 4.90 Å². The first-order valence-corrected chi connectivity index (χ1v) is 7.68. The molecule has 0 aromatic carbocycles. The summed E-state index contributed by atoms with van der Waals surface area (Å²) in [6.07, 6.45) is 6.59. The van der Waals surface area contributed by atoms with Crippen molar-refractivity contribution < 1.29 is 0 Å². The molecule has 3 heteroatoms. The molecule has 19 heavy (non-hydrogen) atoms. The van der Waals surface area contributed by atoms with Gasteiger partial charge >= 0.3 is 0 Å². The first-order valence-electron chi connectivity index (χ1n) is 7.68. The van der Waals surface area contributed by atoms with Gasteiger partial charge in [-0.15, -0.1) is 0 Å². The van der Waals surface area contributed by atoms with E-state index >= 15 is 0 Å². The van der Waals surface area contributed by atoms with Crippen molar-refractivity contribution in [3.63, 3.8) is 0 Å². The lowest BCUT2D eigenvalue weighted by Gasteiger charge is -2.33. The predicted octanol–water partition coefficient (Wildman–Crippen LogP) is 3.15. The van der Waals surface area contributed by atoms with Gasteiger partial charge in [0.1, 0.15) is 5.82 Å². The van der Waals surface area contributed by atoms with Crippen molar-refractivity contribution in [3.05, 3.63) is 23.4 Å².